The minimum atomic E-state index is -0.125. The third-order valence-electron chi connectivity index (χ3n) is 0.209. The molecule has 0 atom stereocenters. The van der Waals surface area contributed by atoms with Gasteiger partial charge in [-0.3, -0.25) is 0 Å². The molecule has 0 saturated carbocycles. The molecule has 3 heteroatoms. The predicted octanol–water partition coefficient (Wildman–Crippen LogP) is 0.382. The predicted molar refractivity (Wildman–Crippen MR) is 35.1 cm³/mol. The molecule has 2 N–H and O–H groups in total. The number of rotatable bonds is 2. The van der Waals surface area contributed by atoms with Crippen LogP contribution >= 0.6 is 11.6 Å². The van der Waals surface area contributed by atoms with E-state index in [9.17, 15) is 0 Å². The number of aliphatic hydroxyl groups excluding tert-OH is 2. The first-order valence-electron chi connectivity index (χ1n) is 2.22. The molecule has 0 aliphatic rings. The fraction of sp³-hybridized carbons (Fsp3) is 0.600. The molecular formula is C5H11ClO2. The van der Waals surface area contributed by atoms with Crippen LogP contribution in [0.2, 0.25) is 0 Å². The Bertz CT molecular complexity index is 37.4. The van der Waals surface area contributed by atoms with E-state index < -0.39 is 0 Å². The lowest BCUT2D eigenvalue weighted by atomic mass is 10.8. The van der Waals surface area contributed by atoms with E-state index in [2.05, 4.69) is 6.58 Å². The number of aliphatic hydroxyl groups is 2. The van der Waals surface area contributed by atoms with E-state index >= 15 is 0 Å². The summed E-state index contributed by atoms with van der Waals surface area (Å²) >= 11 is 5.07. The second-order valence-corrected chi connectivity index (χ2v) is 1.20. The van der Waals surface area contributed by atoms with Crippen LogP contribution in [0.4, 0.5) is 0 Å². The van der Waals surface area contributed by atoms with Gasteiger partial charge in [0.15, 0.2) is 0 Å². The van der Waals surface area contributed by atoms with Crippen LogP contribution in [-0.2, 0) is 0 Å². The highest BCUT2D eigenvalue weighted by Crippen LogP contribution is 1.67. The van der Waals surface area contributed by atoms with E-state index in [-0.39, 0.29) is 13.2 Å². The van der Waals surface area contributed by atoms with Crippen molar-refractivity contribution in [3.8, 4) is 0 Å². The Balaban J connectivity index is 0. The summed E-state index contributed by atoms with van der Waals surface area (Å²) in [6, 6.07) is 0. The van der Waals surface area contributed by atoms with Gasteiger partial charge < -0.3 is 10.2 Å². The molecule has 0 amide bonds. The maximum Gasteiger partial charge on any atom is 0.0662 e. The smallest absolute Gasteiger partial charge is 0.0662 e. The Morgan fingerprint density at radius 1 is 1.38 bits per heavy atom. The first kappa shape index (κ1) is 10.8. The van der Waals surface area contributed by atoms with E-state index in [0.717, 1.165) is 0 Å². The van der Waals surface area contributed by atoms with Crippen LogP contribution in [-0.4, -0.2) is 29.3 Å². The molecular weight excluding hydrogens is 128 g/mol. The first-order chi connectivity index (χ1) is 3.83. The van der Waals surface area contributed by atoms with Crippen LogP contribution in [0.1, 0.15) is 0 Å². The fourth-order valence-electron chi connectivity index (χ4n) is 0. The molecule has 0 aromatic rings. The van der Waals surface area contributed by atoms with Crippen LogP contribution < -0.4 is 0 Å². The summed E-state index contributed by atoms with van der Waals surface area (Å²) in [4.78, 5) is 0. The molecule has 0 unspecified atom stereocenters. The summed E-state index contributed by atoms with van der Waals surface area (Å²) in [6.45, 7) is 3.10. The highest BCUT2D eigenvalue weighted by molar-refractivity contribution is 6.18. The van der Waals surface area contributed by atoms with Crippen molar-refractivity contribution in [2.24, 2.45) is 0 Å². The van der Waals surface area contributed by atoms with E-state index in [4.69, 9.17) is 21.8 Å². The van der Waals surface area contributed by atoms with Gasteiger partial charge in [0.2, 0.25) is 0 Å². The number of allylic oxidation sites excluding steroid dienone is 1. The maximum atomic E-state index is 7.62. The molecule has 2 nitrogen and oxygen atoms in total. The van der Waals surface area contributed by atoms with Gasteiger partial charge in [-0.15, -0.1) is 18.2 Å². The zero-order chi connectivity index (χ0) is 6.83. The van der Waals surface area contributed by atoms with Crippen molar-refractivity contribution in [1.29, 1.82) is 0 Å². The molecule has 0 fully saturated rings. The summed E-state index contributed by atoms with van der Waals surface area (Å²) in [7, 11) is 0. The summed E-state index contributed by atoms with van der Waals surface area (Å²) in [5.74, 6) is 0.556. The number of hydrogen-bond donors (Lipinski definition) is 2. The molecule has 0 heterocycles. The van der Waals surface area contributed by atoms with Crippen molar-refractivity contribution in [3.05, 3.63) is 12.7 Å². The van der Waals surface area contributed by atoms with Gasteiger partial charge in [0, 0.05) is 5.88 Å². The fourth-order valence-corrected chi connectivity index (χ4v) is 0. The lowest BCUT2D eigenvalue weighted by Crippen LogP contribution is -1.85. The second-order valence-electron chi connectivity index (χ2n) is 0.890. The van der Waals surface area contributed by atoms with Gasteiger partial charge in [-0.25, -0.2) is 0 Å². The normalized spacial score (nSPS) is 6.88. The van der Waals surface area contributed by atoms with Crippen molar-refractivity contribution >= 4 is 11.6 Å². The summed E-state index contributed by atoms with van der Waals surface area (Å²) in [6.07, 6.45) is 1.64. The van der Waals surface area contributed by atoms with Gasteiger partial charge >= 0.3 is 0 Å². The average molecular weight is 139 g/mol. The minimum Gasteiger partial charge on any atom is -0.394 e. The monoisotopic (exact) mass is 138 g/mol. The molecule has 0 aromatic carbocycles. The second kappa shape index (κ2) is 15.8. The topological polar surface area (TPSA) is 40.5 Å². The number of alkyl halides is 1. The van der Waals surface area contributed by atoms with Crippen LogP contribution in [0.5, 0.6) is 0 Å². The molecule has 0 aliphatic carbocycles. The van der Waals surface area contributed by atoms with Crippen molar-refractivity contribution in [2.45, 2.75) is 0 Å². The lowest BCUT2D eigenvalue weighted by molar-refractivity contribution is 0.186. The molecule has 0 saturated heterocycles. The largest absolute Gasteiger partial charge is 0.394 e. The molecule has 0 rings (SSSR count). The van der Waals surface area contributed by atoms with Crippen molar-refractivity contribution < 1.29 is 10.2 Å². The van der Waals surface area contributed by atoms with Crippen molar-refractivity contribution in [1.82, 2.24) is 0 Å². The van der Waals surface area contributed by atoms with Gasteiger partial charge in [-0.1, -0.05) is 6.08 Å². The molecule has 0 aliphatic heterocycles. The SMILES string of the molecule is C=CCCl.OCCO. The van der Waals surface area contributed by atoms with Crippen LogP contribution in [0.3, 0.4) is 0 Å². The third kappa shape index (κ3) is 38.3. The zero-order valence-corrected chi connectivity index (χ0v) is 5.43. The van der Waals surface area contributed by atoms with Gasteiger partial charge in [-0.05, 0) is 0 Å². The Morgan fingerprint density at radius 3 is 1.62 bits per heavy atom. The molecule has 0 aromatic heterocycles. The van der Waals surface area contributed by atoms with Gasteiger partial charge in [0.05, 0.1) is 13.2 Å². The quantitative estimate of drug-likeness (QED) is 0.428. The lowest BCUT2D eigenvalue weighted by Gasteiger charge is -1.70. The average Bonchev–Trinajstić information content (AvgIpc) is 1.88. The van der Waals surface area contributed by atoms with Crippen molar-refractivity contribution in [2.75, 3.05) is 19.1 Å². The van der Waals surface area contributed by atoms with E-state index in [0.29, 0.717) is 5.88 Å². The first-order valence-corrected chi connectivity index (χ1v) is 2.75. The standard InChI is InChI=1S/C3H5Cl.C2H6O2/c1-2-3-4;3-1-2-4/h2H,1,3H2;3-4H,1-2H2. The van der Waals surface area contributed by atoms with Crippen LogP contribution in [0.15, 0.2) is 12.7 Å². The summed E-state index contributed by atoms with van der Waals surface area (Å²) < 4.78 is 0. The number of hydrogen-bond acceptors (Lipinski definition) is 2. The Morgan fingerprint density at radius 2 is 1.62 bits per heavy atom. The Labute approximate surface area is 54.4 Å². The minimum absolute atomic E-state index is 0.125. The van der Waals surface area contributed by atoms with E-state index in [1.165, 1.54) is 0 Å². The van der Waals surface area contributed by atoms with Gasteiger partial charge in [0.1, 0.15) is 0 Å². The van der Waals surface area contributed by atoms with E-state index in [1.54, 1.807) is 6.08 Å². The van der Waals surface area contributed by atoms with E-state index in [1.807, 2.05) is 0 Å². The third-order valence-corrected chi connectivity index (χ3v) is 0.427. The highest BCUT2D eigenvalue weighted by Gasteiger charge is 1.58. The maximum absolute atomic E-state index is 7.62. The molecule has 0 bridgehead atoms. The van der Waals surface area contributed by atoms with Crippen LogP contribution in [0.25, 0.3) is 0 Å². The Kier molecular flexibility index (Phi) is 21.4. The molecule has 0 spiro atoms. The molecule has 0 radical (unpaired) electrons. The molecule has 50 valence electrons. The van der Waals surface area contributed by atoms with Gasteiger partial charge in [-0.2, -0.15) is 0 Å². The van der Waals surface area contributed by atoms with Gasteiger partial charge in [0.25, 0.3) is 0 Å². The summed E-state index contributed by atoms with van der Waals surface area (Å²) in [5.41, 5.74) is 0. The highest BCUT2D eigenvalue weighted by atomic mass is 35.5. The summed E-state index contributed by atoms with van der Waals surface area (Å²) in [5, 5.41) is 15.2. The zero-order valence-electron chi connectivity index (χ0n) is 4.68. The van der Waals surface area contributed by atoms with Crippen molar-refractivity contribution in [3.63, 3.8) is 0 Å². The Hall–Kier alpha value is -0.0500. The van der Waals surface area contributed by atoms with Crippen LogP contribution in [0, 0.1) is 0 Å². The molecule has 8 heavy (non-hydrogen) atoms. The number of halogens is 1.